The van der Waals surface area contributed by atoms with Crippen molar-refractivity contribution in [3.05, 3.63) is 47.8 Å². The number of piperidine rings is 1. The van der Waals surface area contributed by atoms with Crippen LogP contribution < -0.4 is 4.74 Å². The Kier molecular flexibility index (Phi) is 5.53. The Labute approximate surface area is 160 Å². The first-order valence-corrected chi connectivity index (χ1v) is 10.1. The van der Waals surface area contributed by atoms with E-state index in [1.165, 1.54) is 34.2 Å². The number of halogens is 3. The lowest BCUT2D eigenvalue weighted by molar-refractivity contribution is -0.138. The molecule has 1 aliphatic heterocycles. The highest BCUT2D eigenvalue weighted by Gasteiger charge is 2.35. The summed E-state index contributed by atoms with van der Waals surface area (Å²) in [4.78, 5) is 12.3. The summed E-state index contributed by atoms with van der Waals surface area (Å²) in [6.45, 7) is 0.798. The fourth-order valence-electron chi connectivity index (χ4n) is 3.07. The van der Waals surface area contributed by atoms with Gasteiger partial charge in [0.2, 0.25) is 10.0 Å². The molecule has 1 aromatic heterocycles. The van der Waals surface area contributed by atoms with E-state index in [0.29, 0.717) is 13.1 Å². The maximum Gasteiger partial charge on any atom is 0.419 e. The molecule has 0 spiro atoms. The average molecular weight is 416 g/mol. The highest BCUT2D eigenvalue weighted by atomic mass is 32.2. The van der Waals surface area contributed by atoms with E-state index in [4.69, 9.17) is 4.74 Å². The molecule has 1 fully saturated rings. The third kappa shape index (κ3) is 4.07. The van der Waals surface area contributed by atoms with E-state index in [0.717, 1.165) is 37.5 Å². The molecule has 10 heteroatoms. The van der Waals surface area contributed by atoms with Crippen molar-refractivity contribution in [3.63, 3.8) is 0 Å². The van der Waals surface area contributed by atoms with Gasteiger partial charge in [0.15, 0.2) is 0 Å². The molecule has 28 heavy (non-hydrogen) atoms. The van der Waals surface area contributed by atoms with Crippen LogP contribution in [0.3, 0.4) is 0 Å². The van der Waals surface area contributed by atoms with Gasteiger partial charge < -0.3 is 9.30 Å². The zero-order valence-corrected chi connectivity index (χ0v) is 15.9. The van der Waals surface area contributed by atoms with Crippen molar-refractivity contribution >= 4 is 16.0 Å². The monoisotopic (exact) mass is 416 g/mol. The van der Waals surface area contributed by atoms with Gasteiger partial charge >= 0.3 is 12.1 Å². The highest BCUT2D eigenvalue weighted by molar-refractivity contribution is 7.89. The van der Waals surface area contributed by atoms with E-state index in [1.807, 2.05) is 0 Å². The second-order valence-corrected chi connectivity index (χ2v) is 8.46. The third-order valence-corrected chi connectivity index (χ3v) is 6.40. The predicted molar refractivity (Wildman–Crippen MR) is 94.4 cm³/mol. The number of ether oxygens (including phenoxy) is 1. The lowest BCUT2D eigenvalue weighted by atomic mass is 10.2. The summed E-state index contributed by atoms with van der Waals surface area (Å²) >= 11 is 0. The molecule has 0 amide bonds. The summed E-state index contributed by atoms with van der Waals surface area (Å²) in [5.74, 6) is -1.71. The molecular weight excluding hydrogens is 397 g/mol. The maximum atomic E-state index is 13.1. The van der Waals surface area contributed by atoms with Gasteiger partial charge in [0.05, 0.1) is 5.56 Å². The van der Waals surface area contributed by atoms with Gasteiger partial charge in [-0.05, 0) is 31.0 Å². The molecule has 152 valence electrons. The molecule has 0 aliphatic carbocycles. The second-order valence-electron chi connectivity index (χ2n) is 6.52. The van der Waals surface area contributed by atoms with E-state index in [-0.39, 0.29) is 10.6 Å². The van der Waals surface area contributed by atoms with Crippen LogP contribution in [0, 0.1) is 0 Å². The van der Waals surface area contributed by atoms with Crippen LogP contribution in [0.1, 0.15) is 35.3 Å². The second kappa shape index (κ2) is 7.59. The molecule has 6 nitrogen and oxygen atoms in total. The predicted octanol–water partition coefficient (Wildman–Crippen LogP) is 3.44. The van der Waals surface area contributed by atoms with E-state index in [2.05, 4.69) is 0 Å². The van der Waals surface area contributed by atoms with Gasteiger partial charge in [-0.2, -0.15) is 17.5 Å². The minimum Gasteiger partial charge on any atom is -0.421 e. The maximum absolute atomic E-state index is 13.1. The first-order valence-electron chi connectivity index (χ1n) is 8.65. The summed E-state index contributed by atoms with van der Waals surface area (Å²) < 4.78 is 72.2. The van der Waals surface area contributed by atoms with Crippen LogP contribution in [-0.2, 0) is 23.2 Å². The van der Waals surface area contributed by atoms with E-state index < -0.39 is 33.5 Å². The Morgan fingerprint density at radius 1 is 1.11 bits per heavy atom. The number of aryl methyl sites for hydroxylation is 1. The van der Waals surface area contributed by atoms with Gasteiger partial charge in [0.25, 0.3) is 0 Å². The van der Waals surface area contributed by atoms with Gasteiger partial charge in [0.1, 0.15) is 16.3 Å². The van der Waals surface area contributed by atoms with Crippen molar-refractivity contribution in [2.45, 2.75) is 30.3 Å². The first kappa shape index (κ1) is 20.4. The van der Waals surface area contributed by atoms with E-state index in [9.17, 15) is 26.4 Å². The summed E-state index contributed by atoms with van der Waals surface area (Å²) in [5.41, 5.74) is -1.24. The lowest BCUT2D eigenvalue weighted by Crippen LogP contribution is -2.35. The average Bonchev–Trinajstić information content (AvgIpc) is 3.05. The number of para-hydroxylation sites is 1. The standard InChI is InChI=1S/C18H19F3N2O4S/c1-22-12-13(28(25,26)23-9-5-2-6-10-23)11-15(22)17(24)27-16-8-4-3-7-14(16)18(19,20)21/h3-4,7-8,11-12H,2,5-6,9-10H2,1H3. The SMILES string of the molecule is Cn1cc(S(=O)(=O)N2CCCCC2)cc1C(=O)Oc1ccccc1C(F)(F)F. The third-order valence-electron chi connectivity index (χ3n) is 4.54. The number of aromatic nitrogens is 1. The molecular formula is C18H19F3N2O4S. The van der Waals surface area contributed by atoms with Crippen molar-refractivity contribution < 1.29 is 31.1 Å². The Morgan fingerprint density at radius 3 is 2.39 bits per heavy atom. The largest absolute Gasteiger partial charge is 0.421 e. The smallest absolute Gasteiger partial charge is 0.419 e. The van der Waals surface area contributed by atoms with E-state index >= 15 is 0 Å². The van der Waals surface area contributed by atoms with Gasteiger partial charge in [-0.15, -0.1) is 0 Å². The molecule has 0 N–H and O–H groups in total. The molecule has 0 radical (unpaired) electrons. The molecule has 2 heterocycles. The Hall–Kier alpha value is -2.33. The van der Waals surface area contributed by atoms with Gasteiger partial charge in [-0.25, -0.2) is 13.2 Å². The minimum atomic E-state index is -4.69. The van der Waals surface area contributed by atoms with Crippen LogP contribution >= 0.6 is 0 Å². The van der Waals surface area contributed by atoms with Crippen molar-refractivity contribution in [1.29, 1.82) is 0 Å². The van der Waals surface area contributed by atoms with Crippen LogP contribution in [0.15, 0.2) is 41.4 Å². The Balaban J connectivity index is 1.87. The normalized spacial score (nSPS) is 16.1. The molecule has 0 unspecified atom stereocenters. The lowest BCUT2D eigenvalue weighted by Gasteiger charge is -2.25. The molecule has 1 aliphatic rings. The number of rotatable bonds is 4. The van der Waals surface area contributed by atoms with Crippen LogP contribution in [0.4, 0.5) is 13.2 Å². The number of sulfonamides is 1. The molecule has 3 rings (SSSR count). The van der Waals surface area contributed by atoms with Gasteiger partial charge in [-0.1, -0.05) is 18.6 Å². The number of benzene rings is 1. The summed E-state index contributed by atoms with van der Waals surface area (Å²) in [6.07, 6.45) is -0.953. The summed E-state index contributed by atoms with van der Waals surface area (Å²) in [7, 11) is -2.34. The van der Waals surface area contributed by atoms with Gasteiger partial charge in [0, 0.05) is 26.3 Å². The van der Waals surface area contributed by atoms with Crippen molar-refractivity contribution in [3.8, 4) is 5.75 Å². The molecule has 0 saturated carbocycles. The number of carbonyl (C=O) groups is 1. The number of nitrogens with zero attached hydrogens (tertiary/aromatic N) is 2. The van der Waals surface area contributed by atoms with Crippen LogP contribution in [0.25, 0.3) is 0 Å². The zero-order valence-electron chi connectivity index (χ0n) is 15.1. The van der Waals surface area contributed by atoms with Crippen LogP contribution in [0.2, 0.25) is 0 Å². The summed E-state index contributed by atoms with van der Waals surface area (Å²) in [6, 6.07) is 5.47. The number of hydrogen-bond donors (Lipinski definition) is 0. The Morgan fingerprint density at radius 2 is 1.75 bits per heavy atom. The quantitative estimate of drug-likeness (QED) is 0.566. The molecule has 0 atom stereocenters. The zero-order chi connectivity index (χ0) is 20.5. The number of carbonyl (C=O) groups excluding carboxylic acids is 1. The number of esters is 1. The number of hydrogen-bond acceptors (Lipinski definition) is 4. The van der Waals surface area contributed by atoms with Gasteiger partial charge in [-0.3, -0.25) is 0 Å². The summed E-state index contributed by atoms with van der Waals surface area (Å²) in [5, 5.41) is 0. The van der Waals surface area contributed by atoms with E-state index in [1.54, 1.807) is 0 Å². The first-order chi connectivity index (χ1) is 13.1. The van der Waals surface area contributed by atoms with Crippen LogP contribution in [-0.4, -0.2) is 36.3 Å². The number of alkyl halides is 3. The van der Waals surface area contributed by atoms with Crippen molar-refractivity contribution in [1.82, 2.24) is 8.87 Å². The highest BCUT2D eigenvalue weighted by Crippen LogP contribution is 2.36. The molecule has 0 bridgehead atoms. The fourth-order valence-corrected chi connectivity index (χ4v) is 4.66. The minimum absolute atomic E-state index is 0.0899. The molecule has 1 saturated heterocycles. The molecule has 1 aromatic carbocycles. The Bertz CT molecular complexity index is 977. The molecule has 2 aromatic rings. The fraction of sp³-hybridized carbons (Fsp3) is 0.389. The van der Waals surface area contributed by atoms with Crippen LogP contribution in [0.5, 0.6) is 5.75 Å². The van der Waals surface area contributed by atoms with Crippen molar-refractivity contribution in [2.24, 2.45) is 7.05 Å². The van der Waals surface area contributed by atoms with Crippen molar-refractivity contribution in [2.75, 3.05) is 13.1 Å². The topological polar surface area (TPSA) is 68.6 Å².